The van der Waals surface area contributed by atoms with Crippen LogP contribution in [0.15, 0.2) is 29.4 Å². The number of hydrogen-bond donors (Lipinski definition) is 0. The SMILES string of the molecule is CCn1c(SC2CCCCCC2=O)nnc1-c1ccc(Cl)cc1. The fraction of sp³-hybridized carbons (Fsp3) is 0.471. The summed E-state index contributed by atoms with van der Waals surface area (Å²) in [5.74, 6) is 1.18. The Morgan fingerprint density at radius 2 is 2.00 bits per heavy atom. The molecule has 122 valence electrons. The van der Waals surface area contributed by atoms with Gasteiger partial charge in [0.05, 0.1) is 5.25 Å². The van der Waals surface area contributed by atoms with E-state index in [0.29, 0.717) is 17.2 Å². The van der Waals surface area contributed by atoms with Crippen LogP contribution in [-0.2, 0) is 11.3 Å². The maximum atomic E-state index is 12.2. The van der Waals surface area contributed by atoms with Gasteiger partial charge in [-0.15, -0.1) is 10.2 Å². The summed E-state index contributed by atoms with van der Waals surface area (Å²) in [6.45, 7) is 2.84. The van der Waals surface area contributed by atoms with E-state index in [1.807, 2.05) is 24.3 Å². The molecule has 0 N–H and O–H groups in total. The first-order valence-electron chi connectivity index (χ1n) is 8.07. The molecular formula is C17H20ClN3OS. The summed E-state index contributed by atoms with van der Waals surface area (Å²) < 4.78 is 2.08. The summed E-state index contributed by atoms with van der Waals surface area (Å²) in [5, 5.41) is 10.2. The lowest BCUT2D eigenvalue weighted by atomic mass is 10.2. The lowest BCUT2D eigenvalue weighted by Crippen LogP contribution is -2.16. The molecule has 2 aromatic rings. The normalized spacial score (nSPS) is 18.9. The highest BCUT2D eigenvalue weighted by Gasteiger charge is 2.25. The van der Waals surface area contributed by atoms with Crippen molar-refractivity contribution >= 4 is 29.1 Å². The van der Waals surface area contributed by atoms with Gasteiger partial charge in [0.1, 0.15) is 5.78 Å². The molecule has 1 atom stereocenters. The maximum absolute atomic E-state index is 12.2. The van der Waals surface area contributed by atoms with Crippen molar-refractivity contribution < 1.29 is 4.79 Å². The van der Waals surface area contributed by atoms with E-state index in [2.05, 4.69) is 21.7 Å². The highest BCUT2D eigenvalue weighted by molar-refractivity contribution is 8.00. The zero-order valence-corrected chi connectivity index (χ0v) is 14.7. The second-order valence-corrected chi connectivity index (χ2v) is 7.34. The molecule has 1 aliphatic rings. The molecule has 0 saturated heterocycles. The summed E-state index contributed by atoms with van der Waals surface area (Å²) in [6.07, 6.45) is 4.93. The third-order valence-electron chi connectivity index (χ3n) is 4.13. The average molecular weight is 350 g/mol. The molecule has 1 aliphatic carbocycles. The van der Waals surface area contributed by atoms with Crippen LogP contribution in [0, 0.1) is 0 Å². The fourth-order valence-corrected chi connectivity index (χ4v) is 4.20. The van der Waals surface area contributed by atoms with Gasteiger partial charge in [-0.05, 0) is 44.0 Å². The van der Waals surface area contributed by atoms with Crippen molar-refractivity contribution in [3.63, 3.8) is 0 Å². The highest BCUT2D eigenvalue weighted by Crippen LogP contribution is 2.32. The Morgan fingerprint density at radius 3 is 2.74 bits per heavy atom. The van der Waals surface area contributed by atoms with Gasteiger partial charge in [-0.2, -0.15) is 0 Å². The third-order valence-corrected chi connectivity index (χ3v) is 5.68. The van der Waals surface area contributed by atoms with Crippen LogP contribution in [0.3, 0.4) is 0 Å². The van der Waals surface area contributed by atoms with Gasteiger partial charge in [0.25, 0.3) is 0 Å². The number of nitrogens with zero attached hydrogens (tertiary/aromatic N) is 3. The van der Waals surface area contributed by atoms with Crippen LogP contribution in [-0.4, -0.2) is 25.8 Å². The summed E-state index contributed by atoms with van der Waals surface area (Å²) in [5.41, 5.74) is 0.989. The first-order chi connectivity index (χ1) is 11.2. The molecule has 6 heteroatoms. The largest absolute Gasteiger partial charge is 0.302 e. The van der Waals surface area contributed by atoms with Crippen LogP contribution in [0.25, 0.3) is 11.4 Å². The van der Waals surface area contributed by atoms with Crippen LogP contribution >= 0.6 is 23.4 Å². The van der Waals surface area contributed by atoms with Gasteiger partial charge in [-0.25, -0.2) is 0 Å². The molecule has 23 heavy (non-hydrogen) atoms. The van der Waals surface area contributed by atoms with Crippen molar-refractivity contribution in [2.75, 3.05) is 0 Å². The van der Waals surface area contributed by atoms with E-state index in [1.54, 1.807) is 11.8 Å². The van der Waals surface area contributed by atoms with Gasteiger partial charge in [0.2, 0.25) is 0 Å². The third kappa shape index (κ3) is 3.78. The van der Waals surface area contributed by atoms with Crippen molar-refractivity contribution in [1.29, 1.82) is 0 Å². The minimum atomic E-state index is 0.0186. The Morgan fingerprint density at radius 1 is 1.22 bits per heavy atom. The molecule has 4 nitrogen and oxygen atoms in total. The molecule has 0 bridgehead atoms. The number of ketones is 1. The van der Waals surface area contributed by atoms with E-state index < -0.39 is 0 Å². The zero-order chi connectivity index (χ0) is 16.2. The second kappa shape index (κ2) is 7.49. The van der Waals surface area contributed by atoms with Crippen LogP contribution in [0.2, 0.25) is 5.02 Å². The molecule has 1 heterocycles. The Hall–Kier alpha value is -1.33. The topological polar surface area (TPSA) is 47.8 Å². The smallest absolute Gasteiger partial charge is 0.192 e. The molecule has 1 aromatic heterocycles. The Bertz CT molecular complexity index is 684. The molecule has 0 radical (unpaired) electrons. The molecule has 1 unspecified atom stereocenters. The van der Waals surface area contributed by atoms with Gasteiger partial charge in [-0.3, -0.25) is 4.79 Å². The first kappa shape index (κ1) is 16.5. The molecule has 1 saturated carbocycles. The number of carbonyl (C=O) groups excluding carboxylic acids is 1. The fourth-order valence-electron chi connectivity index (χ4n) is 2.85. The number of aromatic nitrogens is 3. The number of halogens is 1. The quantitative estimate of drug-likeness (QED) is 0.756. The summed E-state index contributed by atoms with van der Waals surface area (Å²) in [7, 11) is 0. The Kier molecular flexibility index (Phi) is 5.38. The number of benzene rings is 1. The van der Waals surface area contributed by atoms with Crippen molar-refractivity contribution in [3.05, 3.63) is 29.3 Å². The van der Waals surface area contributed by atoms with E-state index in [4.69, 9.17) is 11.6 Å². The first-order valence-corrected chi connectivity index (χ1v) is 9.33. The van der Waals surface area contributed by atoms with Crippen molar-refractivity contribution in [2.24, 2.45) is 0 Å². The van der Waals surface area contributed by atoms with Crippen molar-refractivity contribution in [1.82, 2.24) is 14.8 Å². The lowest BCUT2D eigenvalue weighted by Gasteiger charge is -2.13. The van der Waals surface area contributed by atoms with Gasteiger partial charge < -0.3 is 4.57 Å². The number of thioether (sulfide) groups is 1. The number of rotatable bonds is 4. The molecule has 3 rings (SSSR count). The molecule has 1 aromatic carbocycles. The molecule has 1 fully saturated rings. The lowest BCUT2D eigenvalue weighted by molar-refractivity contribution is -0.118. The van der Waals surface area contributed by atoms with Crippen molar-refractivity contribution in [2.45, 2.75) is 56.0 Å². The molecule has 0 spiro atoms. The monoisotopic (exact) mass is 349 g/mol. The number of Topliss-reactive ketones (excluding diaryl/α,β-unsaturated/α-hetero) is 1. The predicted molar refractivity (Wildman–Crippen MR) is 93.9 cm³/mol. The molecule has 0 amide bonds. The summed E-state index contributed by atoms with van der Waals surface area (Å²) >= 11 is 7.52. The van der Waals surface area contributed by atoms with E-state index >= 15 is 0 Å². The standard InChI is InChI=1S/C17H20ClN3OS/c1-2-21-16(12-8-10-13(18)11-9-12)19-20-17(21)23-15-7-5-3-4-6-14(15)22/h8-11,15H,2-7H2,1H3. The predicted octanol–water partition coefficient (Wildman–Crippen LogP) is 4.61. The molecular weight excluding hydrogens is 330 g/mol. The van der Waals surface area contributed by atoms with Crippen LogP contribution in [0.5, 0.6) is 0 Å². The Balaban J connectivity index is 1.85. The van der Waals surface area contributed by atoms with Crippen LogP contribution < -0.4 is 0 Å². The minimum absolute atomic E-state index is 0.0186. The van der Waals surface area contributed by atoms with Crippen LogP contribution in [0.1, 0.15) is 39.0 Å². The van der Waals surface area contributed by atoms with E-state index in [0.717, 1.165) is 48.8 Å². The van der Waals surface area contributed by atoms with E-state index in [1.165, 1.54) is 0 Å². The zero-order valence-electron chi connectivity index (χ0n) is 13.2. The Labute approximate surface area is 145 Å². The summed E-state index contributed by atoms with van der Waals surface area (Å²) in [6, 6.07) is 7.61. The number of carbonyl (C=O) groups is 1. The van der Waals surface area contributed by atoms with Gasteiger partial charge in [0, 0.05) is 23.6 Å². The average Bonchev–Trinajstić information content (AvgIpc) is 2.85. The van der Waals surface area contributed by atoms with E-state index in [9.17, 15) is 4.79 Å². The highest BCUT2D eigenvalue weighted by atomic mass is 35.5. The maximum Gasteiger partial charge on any atom is 0.192 e. The van der Waals surface area contributed by atoms with Crippen molar-refractivity contribution in [3.8, 4) is 11.4 Å². The number of hydrogen-bond acceptors (Lipinski definition) is 4. The minimum Gasteiger partial charge on any atom is -0.302 e. The van der Waals surface area contributed by atoms with Gasteiger partial charge in [-0.1, -0.05) is 36.2 Å². The van der Waals surface area contributed by atoms with E-state index in [-0.39, 0.29) is 5.25 Å². The molecule has 0 aliphatic heterocycles. The second-order valence-electron chi connectivity index (χ2n) is 5.73. The van der Waals surface area contributed by atoms with Gasteiger partial charge in [0.15, 0.2) is 11.0 Å². The van der Waals surface area contributed by atoms with Crippen LogP contribution in [0.4, 0.5) is 0 Å². The summed E-state index contributed by atoms with van der Waals surface area (Å²) in [4.78, 5) is 12.2. The van der Waals surface area contributed by atoms with Gasteiger partial charge >= 0.3 is 0 Å².